The van der Waals surface area contributed by atoms with Gasteiger partial charge in [0.25, 0.3) is 0 Å². The number of nitrogens with zero attached hydrogens (tertiary/aromatic N) is 3. The summed E-state index contributed by atoms with van der Waals surface area (Å²) >= 11 is 7.21. The molecule has 22 heavy (non-hydrogen) atoms. The topological polar surface area (TPSA) is 39.9 Å². The normalized spacial score (nSPS) is 11.2. The average molecular weight is 338 g/mol. The lowest BCUT2D eigenvalue weighted by atomic mass is 10.2. The van der Waals surface area contributed by atoms with Gasteiger partial charge in [-0.1, -0.05) is 42.8 Å². The van der Waals surface area contributed by atoms with Gasteiger partial charge in [-0.2, -0.15) is 0 Å². The van der Waals surface area contributed by atoms with Gasteiger partial charge in [-0.05, 0) is 30.7 Å². The van der Waals surface area contributed by atoms with Crippen molar-refractivity contribution in [2.24, 2.45) is 0 Å². The van der Waals surface area contributed by atoms with Gasteiger partial charge >= 0.3 is 0 Å². The molecule has 0 saturated heterocycles. The monoisotopic (exact) mass is 337 g/mol. The van der Waals surface area contributed by atoms with Crippen molar-refractivity contribution in [3.63, 3.8) is 0 Å². The third kappa shape index (κ3) is 4.27. The molecule has 2 aromatic rings. The molecule has 0 aliphatic heterocycles. The highest BCUT2D eigenvalue weighted by atomic mass is 35.5. The number of hydrogen-bond donors (Lipinski definition) is 0. The second-order valence-electron chi connectivity index (χ2n) is 4.71. The molecule has 0 atom stereocenters. The molecule has 6 heteroatoms. The van der Waals surface area contributed by atoms with Crippen LogP contribution in [0.2, 0.25) is 0 Å². The van der Waals surface area contributed by atoms with E-state index in [4.69, 9.17) is 16.3 Å². The van der Waals surface area contributed by atoms with Gasteiger partial charge in [-0.15, -0.1) is 10.2 Å². The van der Waals surface area contributed by atoms with Crippen LogP contribution >= 0.6 is 23.4 Å². The highest BCUT2D eigenvalue weighted by Gasteiger charge is 2.13. The standard InChI is InChI=1S/C16H20ClN3OS/c1-3-4-11-20-15(13-6-8-14(21-2)9-7-13)18-19-16(20)22-12-5-10-17/h5-10H,3-4,11-12H2,1-2H3/b10-5+. The molecule has 0 spiro atoms. The summed E-state index contributed by atoms with van der Waals surface area (Å²) in [5.41, 5.74) is 2.58. The van der Waals surface area contributed by atoms with E-state index in [1.165, 1.54) is 5.54 Å². The van der Waals surface area contributed by atoms with Crippen molar-refractivity contribution in [1.82, 2.24) is 14.8 Å². The molecule has 1 heterocycles. The fraction of sp³-hybridized carbons (Fsp3) is 0.375. The van der Waals surface area contributed by atoms with Crippen LogP contribution in [0.5, 0.6) is 5.75 Å². The Balaban J connectivity index is 2.28. The van der Waals surface area contributed by atoms with Crippen LogP contribution in [0.15, 0.2) is 41.0 Å². The minimum Gasteiger partial charge on any atom is -0.497 e. The van der Waals surface area contributed by atoms with Crippen LogP contribution in [0.3, 0.4) is 0 Å². The molecule has 1 aromatic heterocycles. The largest absolute Gasteiger partial charge is 0.497 e. The summed E-state index contributed by atoms with van der Waals surface area (Å²) in [7, 11) is 1.66. The van der Waals surface area contributed by atoms with E-state index in [9.17, 15) is 0 Å². The minimum absolute atomic E-state index is 0.788. The van der Waals surface area contributed by atoms with Crippen molar-refractivity contribution in [3.05, 3.63) is 35.9 Å². The van der Waals surface area contributed by atoms with E-state index in [-0.39, 0.29) is 0 Å². The lowest BCUT2D eigenvalue weighted by Gasteiger charge is -2.09. The van der Waals surface area contributed by atoms with E-state index in [1.807, 2.05) is 30.3 Å². The van der Waals surface area contributed by atoms with Crippen LogP contribution < -0.4 is 4.74 Å². The summed E-state index contributed by atoms with van der Waals surface area (Å²) < 4.78 is 7.38. The van der Waals surface area contributed by atoms with Crippen molar-refractivity contribution >= 4 is 23.4 Å². The van der Waals surface area contributed by atoms with Gasteiger partial charge in [-0.25, -0.2) is 0 Å². The number of halogens is 1. The molecule has 0 aliphatic carbocycles. The zero-order chi connectivity index (χ0) is 15.8. The number of benzene rings is 1. The third-order valence-electron chi connectivity index (χ3n) is 3.20. The molecule has 2 rings (SSSR count). The Morgan fingerprint density at radius 2 is 2.05 bits per heavy atom. The molecule has 0 aliphatic rings. The van der Waals surface area contributed by atoms with Crippen molar-refractivity contribution in [1.29, 1.82) is 0 Å². The Labute approximate surface area is 140 Å². The summed E-state index contributed by atoms with van der Waals surface area (Å²) in [5.74, 6) is 2.52. The molecule has 0 amide bonds. The molecular weight excluding hydrogens is 318 g/mol. The van der Waals surface area contributed by atoms with Crippen molar-refractivity contribution in [2.75, 3.05) is 12.9 Å². The molecule has 0 saturated carbocycles. The molecule has 0 N–H and O–H groups in total. The molecule has 0 radical (unpaired) electrons. The molecular formula is C16H20ClN3OS. The predicted molar refractivity (Wildman–Crippen MR) is 92.6 cm³/mol. The summed E-state index contributed by atoms with van der Waals surface area (Å²) in [6.07, 6.45) is 4.13. The lowest BCUT2D eigenvalue weighted by Crippen LogP contribution is -2.02. The van der Waals surface area contributed by atoms with Crippen LogP contribution in [-0.4, -0.2) is 27.6 Å². The fourth-order valence-electron chi connectivity index (χ4n) is 2.03. The van der Waals surface area contributed by atoms with Crippen LogP contribution in [0.1, 0.15) is 19.8 Å². The molecule has 118 valence electrons. The number of ether oxygens (including phenoxy) is 1. The molecule has 4 nitrogen and oxygen atoms in total. The number of aromatic nitrogens is 3. The highest BCUT2D eigenvalue weighted by Crippen LogP contribution is 2.26. The van der Waals surface area contributed by atoms with Gasteiger partial charge in [0.2, 0.25) is 0 Å². The van der Waals surface area contributed by atoms with Crippen molar-refractivity contribution < 1.29 is 4.74 Å². The second kappa shape index (κ2) is 8.86. The number of hydrogen-bond acceptors (Lipinski definition) is 4. The van der Waals surface area contributed by atoms with Gasteiger partial charge in [0.05, 0.1) is 7.11 Å². The maximum absolute atomic E-state index is 5.57. The first-order valence-corrected chi connectivity index (χ1v) is 8.68. The molecule has 0 bridgehead atoms. The summed E-state index contributed by atoms with van der Waals surface area (Å²) in [4.78, 5) is 0. The van der Waals surface area contributed by atoms with E-state index in [2.05, 4.69) is 21.7 Å². The Hall–Kier alpha value is -1.46. The Morgan fingerprint density at radius 3 is 2.68 bits per heavy atom. The first kappa shape index (κ1) is 16.9. The smallest absolute Gasteiger partial charge is 0.191 e. The lowest BCUT2D eigenvalue weighted by molar-refractivity contribution is 0.415. The minimum atomic E-state index is 0.788. The van der Waals surface area contributed by atoms with Crippen molar-refractivity contribution in [2.45, 2.75) is 31.5 Å². The molecule has 0 fully saturated rings. The van der Waals surface area contributed by atoms with E-state index in [1.54, 1.807) is 18.9 Å². The third-order valence-corrected chi connectivity index (χ3v) is 4.30. The van der Waals surface area contributed by atoms with Gasteiger partial charge in [-0.3, -0.25) is 0 Å². The van der Waals surface area contributed by atoms with Crippen LogP contribution in [0, 0.1) is 0 Å². The summed E-state index contributed by atoms with van der Waals surface area (Å²) in [6, 6.07) is 7.91. The van der Waals surface area contributed by atoms with E-state index >= 15 is 0 Å². The van der Waals surface area contributed by atoms with E-state index in [0.29, 0.717) is 0 Å². The number of unbranched alkanes of at least 4 members (excludes halogenated alkanes) is 1. The van der Waals surface area contributed by atoms with Crippen LogP contribution in [-0.2, 0) is 6.54 Å². The molecule has 0 unspecified atom stereocenters. The quantitative estimate of drug-likeness (QED) is 0.660. The van der Waals surface area contributed by atoms with E-state index in [0.717, 1.165) is 47.4 Å². The second-order valence-corrected chi connectivity index (χ2v) is 5.95. The SMILES string of the molecule is CCCCn1c(SC/C=C/Cl)nnc1-c1ccc(OC)cc1. The summed E-state index contributed by atoms with van der Waals surface area (Å²) in [5, 5.41) is 9.62. The van der Waals surface area contributed by atoms with Crippen LogP contribution in [0.4, 0.5) is 0 Å². The van der Waals surface area contributed by atoms with Gasteiger partial charge in [0.1, 0.15) is 5.75 Å². The first-order valence-electron chi connectivity index (χ1n) is 7.25. The number of thioether (sulfide) groups is 1. The maximum atomic E-state index is 5.57. The predicted octanol–water partition coefficient (Wildman–Crippen LogP) is 4.60. The highest BCUT2D eigenvalue weighted by molar-refractivity contribution is 7.99. The number of rotatable bonds is 8. The van der Waals surface area contributed by atoms with Gasteiger partial charge < -0.3 is 9.30 Å². The van der Waals surface area contributed by atoms with Crippen LogP contribution in [0.25, 0.3) is 11.4 Å². The first-order chi connectivity index (χ1) is 10.8. The van der Waals surface area contributed by atoms with E-state index < -0.39 is 0 Å². The van der Waals surface area contributed by atoms with Crippen molar-refractivity contribution in [3.8, 4) is 17.1 Å². The number of methoxy groups -OCH3 is 1. The fourth-order valence-corrected chi connectivity index (χ4v) is 2.99. The Morgan fingerprint density at radius 1 is 1.27 bits per heavy atom. The zero-order valence-electron chi connectivity index (χ0n) is 12.8. The van der Waals surface area contributed by atoms with Gasteiger partial charge in [0, 0.05) is 23.4 Å². The average Bonchev–Trinajstić information content (AvgIpc) is 2.96. The summed E-state index contributed by atoms with van der Waals surface area (Å²) in [6.45, 7) is 3.10. The Kier molecular flexibility index (Phi) is 6.80. The zero-order valence-corrected chi connectivity index (χ0v) is 14.4. The Bertz CT molecular complexity index is 610. The van der Waals surface area contributed by atoms with Gasteiger partial charge in [0.15, 0.2) is 11.0 Å². The maximum Gasteiger partial charge on any atom is 0.191 e. The molecule has 1 aromatic carbocycles.